The van der Waals surface area contributed by atoms with E-state index in [4.69, 9.17) is 21.1 Å². The fourth-order valence-electron chi connectivity index (χ4n) is 4.33. The van der Waals surface area contributed by atoms with Gasteiger partial charge in [0.1, 0.15) is 17.5 Å². The van der Waals surface area contributed by atoms with Gasteiger partial charge in [-0.15, -0.1) is 0 Å². The molecule has 1 aliphatic heterocycles. The number of rotatable bonds is 7. The number of hydrogen-bond donors (Lipinski definition) is 3. The van der Waals surface area contributed by atoms with E-state index >= 15 is 0 Å². The SMILES string of the molecule is COc1ccc(-c2cc(CO)c(N3CCCC(NC(=O)OC(C)(C)C)(C(O)C(F)F)C3)cn2)c(Cl)c1. The molecule has 3 N–H and O–H groups in total. The van der Waals surface area contributed by atoms with Gasteiger partial charge in [-0.25, -0.2) is 13.6 Å². The van der Waals surface area contributed by atoms with Gasteiger partial charge in [0.05, 0.1) is 41.9 Å². The lowest BCUT2D eigenvalue weighted by atomic mass is 9.83. The Balaban J connectivity index is 1.94. The van der Waals surface area contributed by atoms with Crippen molar-refractivity contribution in [1.82, 2.24) is 10.3 Å². The number of piperidine rings is 1. The third-order valence-electron chi connectivity index (χ3n) is 6.01. The van der Waals surface area contributed by atoms with Gasteiger partial charge in [0.25, 0.3) is 6.43 Å². The molecule has 0 bridgehead atoms. The molecule has 2 atom stereocenters. The number of anilines is 1. The van der Waals surface area contributed by atoms with Crippen molar-refractivity contribution in [2.75, 3.05) is 25.1 Å². The van der Waals surface area contributed by atoms with Crippen LogP contribution in [0.3, 0.4) is 0 Å². The molecule has 2 heterocycles. The van der Waals surface area contributed by atoms with Crippen LogP contribution in [0.5, 0.6) is 5.75 Å². The van der Waals surface area contributed by atoms with Gasteiger partial charge in [0.2, 0.25) is 0 Å². The van der Waals surface area contributed by atoms with Crippen molar-refractivity contribution >= 4 is 23.4 Å². The first-order valence-electron chi connectivity index (χ1n) is 11.5. The number of aliphatic hydroxyl groups is 2. The fourth-order valence-corrected chi connectivity index (χ4v) is 4.60. The minimum absolute atomic E-state index is 0.121. The Morgan fingerprint density at radius 3 is 2.64 bits per heavy atom. The summed E-state index contributed by atoms with van der Waals surface area (Å²) < 4.78 is 37.9. The second-order valence-electron chi connectivity index (χ2n) is 9.79. The number of benzene rings is 1. The molecule has 1 aromatic carbocycles. The molecule has 0 spiro atoms. The van der Waals surface area contributed by atoms with Gasteiger partial charge in [-0.05, 0) is 57.9 Å². The summed E-state index contributed by atoms with van der Waals surface area (Å²) in [6.45, 7) is 4.95. The Bertz CT molecular complexity index is 1080. The summed E-state index contributed by atoms with van der Waals surface area (Å²) in [6.07, 6.45) is -4.06. The van der Waals surface area contributed by atoms with Crippen LogP contribution in [0.4, 0.5) is 19.3 Å². The van der Waals surface area contributed by atoms with Crippen molar-refractivity contribution in [2.24, 2.45) is 0 Å². The van der Waals surface area contributed by atoms with Crippen LogP contribution in [0.15, 0.2) is 30.5 Å². The largest absolute Gasteiger partial charge is 0.497 e. The number of halogens is 3. The van der Waals surface area contributed by atoms with E-state index in [0.717, 1.165) is 0 Å². The smallest absolute Gasteiger partial charge is 0.408 e. The monoisotopic (exact) mass is 527 g/mol. The van der Waals surface area contributed by atoms with Crippen LogP contribution in [0.1, 0.15) is 39.2 Å². The number of carbonyl (C=O) groups is 1. The summed E-state index contributed by atoms with van der Waals surface area (Å²) in [6, 6.07) is 6.81. The highest BCUT2D eigenvalue weighted by Gasteiger charge is 2.48. The number of amides is 1. The quantitative estimate of drug-likeness (QED) is 0.490. The first-order valence-corrected chi connectivity index (χ1v) is 11.9. The van der Waals surface area contributed by atoms with Crippen molar-refractivity contribution in [3.8, 4) is 17.0 Å². The van der Waals surface area contributed by atoms with E-state index in [1.807, 2.05) is 0 Å². The number of ether oxygens (including phenoxy) is 2. The molecule has 2 aromatic rings. The number of carbonyl (C=O) groups excluding carboxylic acids is 1. The lowest BCUT2D eigenvalue weighted by Gasteiger charge is -2.46. The molecule has 8 nitrogen and oxygen atoms in total. The zero-order valence-corrected chi connectivity index (χ0v) is 21.5. The maximum absolute atomic E-state index is 13.7. The van der Waals surface area contributed by atoms with Crippen molar-refractivity contribution < 1.29 is 33.3 Å². The highest BCUT2D eigenvalue weighted by Crippen LogP contribution is 2.36. The summed E-state index contributed by atoms with van der Waals surface area (Å²) in [7, 11) is 1.53. The van der Waals surface area contributed by atoms with E-state index in [1.165, 1.54) is 13.3 Å². The molecular weight excluding hydrogens is 496 g/mol. The number of methoxy groups -OCH3 is 1. The van der Waals surface area contributed by atoms with Crippen molar-refractivity contribution in [2.45, 2.75) is 63.9 Å². The van der Waals surface area contributed by atoms with Crippen molar-refractivity contribution in [1.29, 1.82) is 0 Å². The summed E-state index contributed by atoms with van der Waals surface area (Å²) in [5.41, 5.74) is -0.375. The maximum Gasteiger partial charge on any atom is 0.408 e. The van der Waals surface area contributed by atoms with E-state index < -0.39 is 29.8 Å². The molecule has 2 unspecified atom stereocenters. The van der Waals surface area contributed by atoms with Crippen molar-refractivity contribution in [3.05, 3.63) is 41.0 Å². The van der Waals surface area contributed by atoms with Crippen LogP contribution >= 0.6 is 11.6 Å². The van der Waals surface area contributed by atoms with Gasteiger partial charge in [-0.3, -0.25) is 4.98 Å². The van der Waals surface area contributed by atoms with Crippen LogP contribution in [0, 0.1) is 0 Å². The molecule has 1 aliphatic rings. The molecule has 11 heteroatoms. The molecule has 1 amide bonds. The second kappa shape index (κ2) is 11.1. The van der Waals surface area contributed by atoms with Gasteiger partial charge in [-0.1, -0.05) is 11.6 Å². The number of alkyl carbamates (subject to hydrolysis) is 1. The van der Waals surface area contributed by atoms with Crippen LogP contribution < -0.4 is 15.0 Å². The molecule has 1 aromatic heterocycles. The minimum Gasteiger partial charge on any atom is -0.497 e. The summed E-state index contributed by atoms with van der Waals surface area (Å²) >= 11 is 6.38. The van der Waals surface area contributed by atoms with Crippen LogP contribution in [0.25, 0.3) is 11.3 Å². The van der Waals surface area contributed by atoms with Gasteiger partial charge >= 0.3 is 6.09 Å². The molecule has 1 saturated heterocycles. The maximum atomic E-state index is 13.7. The summed E-state index contributed by atoms with van der Waals surface area (Å²) in [5.74, 6) is 0.586. The van der Waals surface area contributed by atoms with Crippen LogP contribution in [-0.4, -0.2) is 65.2 Å². The highest BCUT2D eigenvalue weighted by molar-refractivity contribution is 6.33. The molecule has 0 saturated carbocycles. The fraction of sp³-hybridized carbons (Fsp3) is 0.520. The normalized spacial score (nSPS) is 19.2. The van der Waals surface area contributed by atoms with Gasteiger partial charge in [-0.2, -0.15) is 0 Å². The molecule has 1 fully saturated rings. The first kappa shape index (κ1) is 27.9. The Hall–Kier alpha value is -2.69. The number of nitrogens with zero attached hydrogens (tertiary/aromatic N) is 2. The zero-order chi connectivity index (χ0) is 26.7. The Morgan fingerprint density at radius 2 is 2.06 bits per heavy atom. The van der Waals surface area contributed by atoms with E-state index in [9.17, 15) is 23.8 Å². The van der Waals surface area contributed by atoms with E-state index in [0.29, 0.717) is 46.2 Å². The lowest BCUT2D eigenvalue weighted by molar-refractivity contribution is -0.0664. The first-order chi connectivity index (χ1) is 16.9. The second-order valence-corrected chi connectivity index (χ2v) is 10.2. The topological polar surface area (TPSA) is 104 Å². The lowest BCUT2D eigenvalue weighted by Crippen LogP contribution is -2.67. The minimum atomic E-state index is -3.09. The third-order valence-corrected chi connectivity index (χ3v) is 6.32. The zero-order valence-electron chi connectivity index (χ0n) is 20.7. The van der Waals surface area contributed by atoms with E-state index in [1.54, 1.807) is 49.9 Å². The average molecular weight is 528 g/mol. The van der Waals surface area contributed by atoms with Crippen LogP contribution in [0.2, 0.25) is 5.02 Å². The van der Waals surface area contributed by atoms with Gasteiger partial charge in [0.15, 0.2) is 0 Å². The Labute approximate surface area is 214 Å². The van der Waals surface area contributed by atoms with Gasteiger partial charge in [0, 0.05) is 24.2 Å². The molecule has 0 radical (unpaired) electrons. The molecular formula is C25H32ClF2N3O5. The van der Waals surface area contributed by atoms with Crippen molar-refractivity contribution in [3.63, 3.8) is 0 Å². The Kier molecular flexibility index (Phi) is 8.63. The third kappa shape index (κ3) is 6.35. The number of pyridine rings is 1. The van der Waals surface area contributed by atoms with Gasteiger partial charge < -0.3 is 29.9 Å². The molecule has 3 rings (SSSR count). The summed E-state index contributed by atoms with van der Waals surface area (Å²) in [4.78, 5) is 18.7. The number of aromatic nitrogens is 1. The Morgan fingerprint density at radius 1 is 1.33 bits per heavy atom. The van der Waals surface area contributed by atoms with E-state index in [2.05, 4.69) is 10.3 Å². The highest BCUT2D eigenvalue weighted by atomic mass is 35.5. The average Bonchev–Trinajstić information content (AvgIpc) is 2.81. The molecule has 0 aliphatic carbocycles. The molecule has 36 heavy (non-hydrogen) atoms. The number of alkyl halides is 2. The standard InChI is InChI=1S/C25H32ClF2N3O5/c1-24(2,3)36-23(34)30-25(21(33)22(27)28)8-5-9-31(14-25)20-12-29-19(10-15(20)13-32)17-7-6-16(35-4)11-18(17)26/h6-7,10-12,21-22,32-33H,5,8-9,13-14H2,1-4H3,(H,30,34). The number of nitrogens with one attached hydrogen (secondary N) is 1. The predicted octanol–water partition coefficient (Wildman–Crippen LogP) is 4.39. The molecule has 198 valence electrons. The predicted molar refractivity (Wildman–Crippen MR) is 133 cm³/mol. The number of hydrogen-bond acceptors (Lipinski definition) is 7. The summed E-state index contributed by atoms with van der Waals surface area (Å²) in [5, 5.41) is 23.5. The number of aliphatic hydroxyl groups excluding tert-OH is 2. The van der Waals surface area contributed by atoms with Crippen LogP contribution in [-0.2, 0) is 11.3 Å². The van der Waals surface area contributed by atoms with E-state index in [-0.39, 0.29) is 19.6 Å².